The van der Waals surface area contributed by atoms with E-state index in [9.17, 15) is 14.9 Å². The number of pyridine rings is 1. The molecule has 0 radical (unpaired) electrons. The summed E-state index contributed by atoms with van der Waals surface area (Å²) >= 11 is 0. The Hall–Kier alpha value is -2.80. The van der Waals surface area contributed by atoms with E-state index in [1.807, 2.05) is 17.0 Å². The highest BCUT2D eigenvalue weighted by atomic mass is 16.6. The molecular formula is C17H19N4O3+. The average molecular weight is 327 g/mol. The average Bonchev–Trinajstić information content (AvgIpc) is 2.63. The molecule has 2 heterocycles. The SMILES string of the molecule is O=C(c1ccc([N+](=O)[O-])cc1)N1CC[NH+](Cc2ccncc2)CC1. The summed E-state index contributed by atoms with van der Waals surface area (Å²) in [6.07, 6.45) is 3.59. The van der Waals surface area contributed by atoms with E-state index in [0.29, 0.717) is 18.7 Å². The van der Waals surface area contributed by atoms with Crippen LogP contribution in [0.25, 0.3) is 0 Å². The summed E-state index contributed by atoms with van der Waals surface area (Å²) in [6, 6.07) is 9.83. The standard InChI is InChI=1S/C17H18N4O3/c22-17(15-1-3-16(4-2-15)21(23)24)20-11-9-19(10-12-20)13-14-5-7-18-8-6-14/h1-8H,9-13H2/p+1. The molecule has 124 valence electrons. The number of carbonyl (C=O) groups excluding carboxylic acids is 1. The summed E-state index contributed by atoms with van der Waals surface area (Å²) < 4.78 is 0. The molecule has 1 aromatic heterocycles. The van der Waals surface area contributed by atoms with Crippen molar-refractivity contribution in [1.29, 1.82) is 0 Å². The molecule has 1 amide bonds. The molecule has 1 fully saturated rings. The fourth-order valence-electron chi connectivity index (χ4n) is 2.90. The van der Waals surface area contributed by atoms with Crippen molar-refractivity contribution in [2.45, 2.75) is 6.54 Å². The fraction of sp³-hybridized carbons (Fsp3) is 0.294. The Balaban J connectivity index is 1.56. The van der Waals surface area contributed by atoms with Gasteiger partial charge in [-0.15, -0.1) is 0 Å². The van der Waals surface area contributed by atoms with Gasteiger partial charge in [0, 0.05) is 35.7 Å². The van der Waals surface area contributed by atoms with E-state index in [1.54, 1.807) is 12.4 Å². The third-order valence-corrected chi connectivity index (χ3v) is 4.29. The molecule has 0 atom stereocenters. The van der Waals surface area contributed by atoms with Gasteiger partial charge in [0.25, 0.3) is 11.6 Å². The number of nitrogens with zero attached hydrogens (tertiary/aromatic N) is 3. The fourth-order valence-corrected chi connectivity index (χ4v) is 2.90. The number of rotatable bonds is 4. The molecule has 0 bridgehead atoms. The number of nitro groups is 1. The van der Waals surface area contributed by atoms with Gasteiger partial charge >= 0.3 is 0 Å². The first-order chi connectivity index (χ1) is 11.6. The minimum absolute atomic E-state index is 0.00170. The Morgan fingerprint density at radius 2 is 1.75 bits per heavy atom. The monoisotopic (exact) mass is 327 g/mol. The number of amides is 1. The van der Waals surface area contributed by atoms with Gasteiger partial charge < -0.3 is 9.80 Å². The van der Waals surface area contributed by atoms with Crippen molar-refractivity contribution in [1.82, 2.24) is 9.88 Å². The van der Waals surface area contributed by atoms with Crippen LogP contribution in [0.3, 0.4) is 0 Å². The quantitative estimate of drug-likeness (QED) is 0.656. The largest absolute Gasteiger partial charge is 0.328 e. The van der Waals surface area contributed by atoms with Crippen LogP contribution in [0.15, 0.2) is 48.8 Å². The number of hydrogen-bond donors (Lipinski definition) is 1. The van der Waals surface area contributed by atoms with Crippen LogP contribution in [0.2, 0.25) is 0 Å². The van der Waals surface area contributed by atoms with Crippen LogP contribution in [-0.4, -0.2) is 46.9 Å². The number of piperazine rings is 1. The number of nitrogens with one attached hydrogen (secondary N) is 1. The lowest BCUT2D eigenvalue weighted by atomic mass is 10.1. The summed E-state index contributed by atoms with van der Waals surface area (Å²) in [5.74, 6) is -0.0622. The van der Waals surface area contributed by atoms with Gasteiger partial charge in [-0.2, -0.15) is 0 Å². The van der Waals surface area contributed by atoms with E-state index in [1.165, 1.54) is 34.7 Å². The molecule has 7 heteroatoms. The minimum atomic E-state index is -0.463. The van der Waals surface area contributed by atoms with E-state index >= 15 is 0 Å². The molecule has 3 rings (SSSR count). The van der Waals surface area contributed by atoms with Crippen LogP contribution < -0.4 is 4.90 Å². The van der Waals surface area contributed by atoms with Crippen molar-refractivity contribution in [3.63, 3.8) is 0 Å². The normalized spacial score (nSPS) is 15.2. The van der Waals surface area contributed by atoms with Crippen LogP contribution in [-0.2, 0) is 6.54 Å². The zero-order valence-electron chi connectivity index (χ0n) is 13.2. The molecule has 0 aliphatic carbocycles. The highest BCUT2D eigenvalue weighted by Crippen LogP contribution is 2.13. The van der Waals surface area contributed by atoms with Gasteiger partial charge in [0.15, 0.2) is 0 Å². The Morgan fingerprint density at radius 3 is 2.33 bits per heavy atom. The lowest BCUT2D eigenvalue weighted by Crippen LogP contribution is -3.13. The molecule has 24 heavy (non-hydrogen) atoms. The number of hydrogen-bond acceptors (Lipinski definition) is 4. The molecule has 0 unspecified atom stereocenters. The van der Waals surface area contributed by atoms with Crippen molar-refractivity contribution in [3.8, 4) is 0 Å². The van der Waals surface area contributed by atoms with Crippen LogP contribution in [0, 0.1) is 10.1 Å². The third kappa shape index (κ3) is 3.75. The third-order valence-electron chi connectivity index (χ3n) is 4.29. The summed E-state index contributed by atoms with van der Waals surface area (Å²) in [5, 5.41) is 10.7. The van der Waals surface area contributed by atoms with E-state index < -0.39 is 4.92 Å². The van der Waals surface area contributed by atoms with Gasteiger partial charge in [-0.05, 0) is 24.3 Å². The lowest BCUT2D eigenvalue weighted by Gasteiger charge is -2.32. The number of non-ortho nitro benzene ring substituents is 1. The molecule has 1 N–H and O–H groups in total. The van der Waals surface area contributed by atoms with Crippen molar-refractivity contribution in [2.75, 3.05) is 26.2 Å². The van der Waals surface area contributed by atoms with Crippen LogP contribution in [0.5, 0.6) is 0 Å². The van der Waals surface area contributed by atoms with Crippen molar-refractivity contribution in [2.24, 2.45) is 0 Å². The lowest BCUT2D eigenvalue weighted by molar-refractivity contribution is -0.917. The number of nitro benzene ring substituents is 1. The maximum atomic E-state index is 12.5. The Labute approximate surface area is 139 Å². The Morgan fingerprint density at radius 1 is 1.12 bits per heavy atom. The van der Waals surface area contributed by atoms with Crippen LogP contribution in [0.1, 0.15) is 15.9 Å². The van der Waals surface area contributed by atoms with Gasteiger partial charge in [-0.1, -0.05) is 0 Å². The van der Waals surface area contributed by atoms with Crippen LogP contribution >= 0.6 is 0 Å². The topological polar surface area (TPSA) is 80.8 Å². The first-order valence-corrected chi connectivity index (χ1v) is 7.89. The van der Waals surface area contributed by atoms with Gasteiger partial charge in [0.1, 0.15) is 6.54 Å². The highest BCUT2D eigenvalue weighted by molar-refractivity contribution is 5.94. The van der Waals surface area contributed by atoms with Crippen molar-refractivity contribution >= 4 is 11.6 Å². The summed E-state index contributed by atoms with van der Waals surface area (Å²) in [7, 11) is 0. The number of quaternary nitrogens is 1. The number of aromatic nitrogens is 1. The molecule has 7 nitrogen and oxygen atoms in total. The van der Waals surface area contributed by atoms with Gasteiger partial charge in [0.2, 0.25) is 0 Å². The second-order valence-corrected chi connectivity index (χ2v) is 5.88. The first-order valence-electron chi connectivity index (χ1n) is 7.89. The summed E-state index contributed by atoms with van der Waals surface area (Å²) in [6.45, 7) is 4.09. The Kier molecular flexibility index (Phi) is 4.81. The van der Waals surface area contributed by atoms with Crippen LogP contribution in [0.4, 0.5) is 5.69 Å². The first kappa shape index (κ1) is 16.1. The molecule has 0 spiro atoms. The molecule has 1 aliphatic heterocycles. The van der Waals surface area contributed by atoms with Gasteiger partial charge in [-0.25, -0.2) is 0 Å². The number of carbonyl (C=O) groups is 1. The van der Waals surface area contributed by atoms with Gasteiger partial charge in [-0.3, -0.25) is 19.9 Å². The smallest absolute Gasteiger partial charge is 0.269 e. The van der Waals surface area contributed by atoms with E-state index in [4.69, 9.17) is 0 Å². The zero-order valence-corrected chi connectivity index (χ0v) is 13.2. The molecule has 2 aromatic rings. The van der Waals surface area contributed by atoms with Crippen molar-refractivity contribution in [3.05, 3.63) is 70.0 Å². The molecule has 1 aromatic carbocycles. The summed E-state index contributed by atoms with van der Waals surface area (Å²) in [4.78, 5) is 30.0. The predicted molar refractivity (Wildman–Crippen MR) is 87.6 cm³/mol. The number of benzene rings is 1. The molecule has 0 saturated carbocycles. The molecular weight excluding hydrogens is 308 g/mol. The molecule has 1 saturated heterocycles. The second kappa shape index (κ2) is 7.18. The predicted octanol–water partition coefficient (Wildman–Crippen LogP) is 0.531. The van der Waals surface area contributed by atoms with Gasteiger partial charge in [0.05, 0.1) is 31.1 Å². The minimum Gasteiger partial charge on any atom is -0.328 e. The highest BCUT2D eigenvalue weighted by Gasteiger charge is 2.24. The maximum Gasteiger partial charge on any atom is 0.269 e. The van der Waals surface area contributed by atoms with E-state index in [-0.39, 0.29) is 11.6 Å². The summed E-state index contributed by atoms with van der Waals surface area (Å²) in [5.41, 5.74) is 1.74. The van der Waals surface area contributed by atoms with E-state index in [2.05, 4.69) is 4.98 Å². The Bertz CT molecular complexity index is 710. The van der Waals surface area contributed by atoms with E-state index in [0.717, 1.165) is 19.6 Å². The zero-order chi connectivity index (χ0) is 16.9. The second-order valence-electron chi connectivity index (χ2n) is 5.88. The maximum absolute atomic E-state index is 12.5. The van der Waals surface area contributed by atoms with Crippen molar-refractivity contribution < 1.29 is 14.6 Å². The molecule has 1 aliphatic rings.